The van der Waals surface area contributed by atoms with Crippen molar-refractivity contribution in [1.29, 1.82) is 10.5 Å². The molecule has 2 aromatic carbocycles. The van der Waals surface area contributed by atoms with E-state index in [4.69, 9.17) is 16.0 Å². The average Bonchev–Trinajstić information content (AvgIpc) is 3.71. The molecule has 0 amide bonds. The van der Waals surface area contributed by atoms with E-state index in [0.29, 0.717) is 18.6 Å². The molecule has 49 heavy (non-hydrogen) atoms. The summed E-state index contributed by atoms with van der Waals surface area (Å²) < 4.78 is 12.5. The molecule has 0 aliphatic carbocycles. The van der Waals surface area contributed by atoms with Gasteiger partial charge in [-0.2, -0.15) is 10.5 Å². The van der Waals surface area contributed by atoms with Gasteiger partial charge in [0, 0.05) is 52.3 Å². The Labute approximate surface area is 295 Å². The number of unbranched alkanes of at least 4 members (excludes halogenated alkanes) is 3. The molecular formula is C41H44N4O3S. The number of nitrogens with zero attached hydrogens (tertiary/aromatic N) is 4. The molecular weight excluding hydrogens is 629 g/mol. The predicted octanol–water partition coefficient (Wildman–Crippen LogP) is 9.91. The Balaban J connectivity index is 1.63. The molecule has 0 bridgehead atoms. The van der Waals surface area contributed by atoms with Gasteiger partial charge in [0.15, 0.2) is 11.3 Å². The second-order valence-electron chi connectivity index (χ2n) is 11.9. The van der Waals surface area contributed by atoms with E-state index >= 15 is 0 Å². The third-order valence-corrected chi connectivity index (χ3v) is 9.42. The highest BCUT2D eigenvalue weighted by Gasteiger charge is 2.43. The summed E-state index contributed by atoms with van der Waals surface area (Å²) in [6.07, 6.45) is 14.0. The third kappa shape index (κ3) is 9.30. The molecule has 1 unspecified atom stereocenters. The van der Waals surface area contributed by atoms with Crippen LogP contribution in [-0.4, -0.2) is 31.4 Å². The summed E-state index contributed by atoms with van der Waals surface area (Å²) in [7, 11) is 0. The topological polar surface area (TPSA) is 93.9 Å². The zero-order chi connectivity index (χ0) is 35.1. The van der Waals surface area contributed by atoms with Crippen LogP contribution in [-0.2, 0) is 10.3 Å². The molecule has 0 fully saturated rings. The lowest BCUT2D eigenvalue weighted by atomic mass is 9.87. The molecule has 7 nitrogen and oxygen atoms in total. The molecule has 1 aliphatic heterocycles. The fourth-order valence-electron chi connectivity index (χ4n) is 5.60. The number of nitriles is 2. The number of thiophene rings is 1. The van der Waals surface area contributed by atoms with Gasteiger partial charge in [0.2, 0.25) is 5.70 Å². The third-order valence-electron chi connectivity index (χ3n) is 8.40. The van der Waals surface area contributed by atoms with E-state index in [1.165, 1.54) is 5.69 Å². The van der Waals surface area contributed by atoms with Gasteiger partial charge in [-0.1, -0.05) is 63.1 Å². The monoisotopic (exact) mass is 672 g/mol. The maximum atomic E-state index is 9.57. The Morgan fingerprint density at radius 1 is 0.939 bits per heavy atom. The standard InChI is InChI=1S/C41H44N4O3S/c1-5-7-24-45(25-8-6-2)34-18-16-31(38(28-34)47-27-13-12-26-46)17-19-35-20-21-36(49-35)22-23-37-39(44-4)40(32(29-42)30-43)48-41(37,3)33-14-10-9-11-15-33/h9-11,14-23,28,46H,5-8,12-13,24-27H2,1-3H3/b19-17+,23-22+. The van der Waals surface area contributed by atoms with Gasteiger partial charge in [-0.05, 0) is 80.7 Å². The van der Waals surface area contributed by atoms with Gasteiger partial charge < -0.3 is 19.5 Å². The lowest BCUT2D eigenvalue weighted by Gasteiger charge is -2.28. The summed E-state index contributed by atoms with van der Waals surface area (Å²) in [6, 6.07) is 23.8. The van der Waals surface area contributed by atoms with Gasteiger partial charge in [0.05, 0.1) is 13.2 Å². The highest BCUT2D eigenvalue weighted by molar-refractivity contribution is 7.13. The second kappa shape index (κ2) is 18.5. The quantitative estimate of drug-likeness (QED) is 0.0872. The van der Waals surface area contributed by atoms with Crippen molar-refractivity contribution in [3.8, 4) is 17.9 Å². The lowest BCUT2D eigenvalue weighted by Crippen LogP contribution is -2.25. The molecule has 0 spiro atoms. The Bertz CT molecular complexity index is 1790. The van der Waals surface area contributed by atoms with E-state index in [1.807, 2.05) is 67.6 Å². The van der Waals surface area contributed by atoms with Crippen molar-refractivity contribution >= 4 is 35.3 Å². The number of aliphatic hydroxyl groups excluding tert-OH is 1. The van der Waals surface area contributed by atoms with Crippen LogP contribution in [0.2, 0.25) is 0 Å². The minimum atomic E-state index is -1.05. The Morgan fingerprint density at radius 3 is 2.22 bits per heavy atom. The van der Waals surface area contributed by atoms with Crippen molar-refractivity contribution in [1.82, 2.24) is 0 Å². The van der Waals surface area contributed by atoms with Crippen LogP contribution in [0.15, 0.2) is 89.3 Å². The van der Waals surface area contributed by atoms with Crippen LogP contribution in [0.1, 0.15) is 80.2 Å². The first kappa shape index (κ1) is 36.8. The smallest absolute Gasteiger partial charge is 0.237 e. The number of ether oxygens (including phenoxy) is 2. The summed E-state index contributed by atoms with van der Waals surface area (Å²) >= 11 is 1.60. The van der Waals surface area contributed by atoms with Crippen LogP contribution < -0.4 is 9.64 Å². The number of hydrogen-bond donors (Lipinski definition) is 1. The highest BCUT2D eigenvalue weighted by atomic mass is 32.1. The maximum Gasteiger partial charge on any atom is 0.237 e. The molecule has 1 atom stereocenters. The fourth-order valence-corrected chi connectivity index (χ4v) is 6.42. The molecule has 1 aromatic heterocycles. The fraction of sp³-hybridized carbons (Fsp3) is 0.341. The van der Waals surface area contributed by atoms with Gasteiger partial charge >= 0.3 is 0 Å². The Hall–Kier alpha value is -5.07. The molecule has 0 saturated carbocycles. The first-order chi connectivity index (χ1) is 23.9. The van der Waals surface area contributed by atoms with Crippen molar-refractivity contribution in [3.05, 3.63) is 122 Å². The van der Waals surface area contributed by atoms with Crippen molar-refractivity contribution < 1.29 is 14.6 Å². The first-order valence-electron chi connectivity index (χ1n) is 16.9. The molecule has 4 rings (SSSR count). The number of benzene rings is 2. The lowest BCUT2D eigenvalue weighted by molar-refractivity contribution is 0.0755. The minimum Gasteiger partial charge on any atom is -0.493 e. The highest BCUT2D eigenvalue weighted by Crippen LogP contribution is 2.47. The van der Waals surface area contributed by atoms with E-state index in [0.717, 1.165) is 71.8 Å². The molecule has 2 heterocycles. The van der Waals surface area contributed by atoms with Crippen LogP contribution in [0.5, 0.6) is 5.75 Å². The van der Waals surface area contributed by atoms with E-state index in [9.17, 15) is 15.6 Å². The number of rotatable bonds is 17. The van der Waals surface area contributed by atoms with Crippen LogP contribution in [0.4, 0.5) is 5.69 Å². The minimum absolute atomic E-state index is 0.0139. The average molecular weight is 673 g/mol. The van der Waals surface area contributed by atoms with Gasteiger partial charge in [-0.25, -0.2) is 4.85 Å². The van der Waals surface area contributed by atoms with Crippen LogP contribution in [0.3, 0.4) is 0 Å². The summed E-state index contributed by atoms with van der Waals surface area (Å²) in [5, 5.41) is 28.4. The zero-order valence-electron chi connectivity index (χ0n) is 28.6. The second-order valence-corrected chi connectivity index (χ2v) is 13.1. The van der Waals surface area contributed by atoms with Crippen molar-refractivity contribution in [2.45, 2.75) is 64.9 Å². The number of hydrogen-bond acceptors (Lipinski definition) is 7. The van der Waals surface area contributed by atoms with Gasteiger partial charge in [-0.3, -0.25) is 0 Å². The first-order valence-corrected chi connectivity index (χ1v) is 17.7. The molecule has 1 N–H and O–H groups in total. The van der Waals surface area contributed by atoms with Crippen molar-refractivity contribution in [2.75, 3.05) is 31.2 Å². The zero-order valence-corrected chi connectivity index (χ0v) is 29.4. The summed E-state index contributed by atoms with van der Waals surface area (Å²) in [4.78, 5) is 8.19. The summed E-state index contributed by atoms with van der Waals surface area (Å²) in [5.41, 5.74) is 2.45. The molecule has 0 radical (unpaired) electrons. The van der Waals surface area contributed by atoms with Crippen LogP contribution >= 0.6 is 11.3 Å². The summed E-state index contributed by atoms with van der Waals surface area (Å²) in [5.74, 6) is 0.847. The maximum absolute atomic E-state index is 9.57. The van der Waals surface area contributed by atoms with E-state index in [1.54, 1.807) is 11.3 Å². The molecule has 252 valence electrons. The number of aliphatic hydroxyl groups is 1. The van der Waals surface area contributed by atoms with Crippen molar-refractivity contribution in [3.63, 3.8) is 0 Å². The normalized spacial score (nSPS) is 15.7. The van der Waals surface area contributed by atoms with Crippen LogP contribution in [0.25, 0.3) is 23.1 Å². The number of allylic oxidation sites excluding steroid dienone is 1. The molecule has 3 aromatic rings. The Kier molecular flexibility index (Phi) is 13.9. The Morgan fingerprint density at radius 2 is 1.61 bits per heavy atom. The number of anilines is 1. The SMILES string of the molecule is [C-]#[N+]C1=C(/C=C/c2ccc(/C=C/c3ccc(N(CCCC)CCCC)cc3OCCCCO)s2)C(C)(c2ccccc2)OC1=C(C#N)C#N. The van der Waals surface area contributed by atoms with Crippen molar-refractivity contribution in [2.24, 2.45) is 0 Å². The van der Waals surface area contributed by atoms with E-state index < -0.39 is 5.60 Å². The van der Waals surface area contributed by atoms with Gasteiger partial charge in [0.1, 0.15) is 23.5 Å². The van der Waals surface area contributed by atoms with Crippen LogP contribution in [0, 0.1) is 29.2 Å². The largest absolute Gasteiger partial charge is 0.493 e. The van der Waals surface area contributed by atoms with Gasteiger partial charge in [0.25, 0.3) is 0 Å². The van der Waals surface area contributed by atoms with E-state index in [-0.39, 0.29) is 23.6 Å². The summed E-state index contributed by atoms with van der Waals surface area (Å²) in [6.45, 7) is 16.9. The molecule has 0 saturated heterocycles. The van der Waals surface area contributed by atoms with Gasteiger partial charge in [-0.15, -0.1) is 11.3 Å². The van der Waals surface area contributed by atoms with E-state index in [2.05, 4.69) is 60.0 Å². The predicted molar refractivity (Wildman–Crippen MR) is 199 cm³/mol. The molecule has 1 aliphatic rings. The molecule has 8 heteroatoms.